The molecule has 0 spiro atoms. The fourth-order valence-corrected chi connectivity index (χ4v) is 3.18. The molecule has 0 aliphatic heterocycles. The summed E-state index contributed by atoms with van der Waals surface area (Å²) in [4.78, 5) is 22.1. The van der Waals surface area contributed by atoms with E-state index >= 15 is 0 Å². The quantitative estimate of drug-likeness (QED) is 0.786. The Kier molecular flexibility index (Phi) is 10.9. The van der Waals surface area contributed by atoms with Crippen LogP contribution in [-0.2, 0) is 19.1 Å². The molecule has 0 aromatic heterocycles. The fraction of sp³-hybridized carbons (Fsp3) is 0.889. The zero-order valence-corrected chi connectivity index (χ0v) is 14.2. The summed E-state index contributed by atoms with van der Waals surface area (Å²) in [5.74, 6) is 1.01. The second-order valence-electron chi connectivity index (χ2n) is 6.61. The van der Waals surface area contributed by atoms with Gasteiger partial charge in [-0.25, -0.2) is 0 Å². The van der Waals surface area contributed by atoms with E-state index in [0.29, 0.717) is 6.04 Å². The van der Waals surface area contributed by atoms with Crippen molar-refractivity contribution in [1.29, 1.82) is 0 Å². The van der Waals surface area contributed by atoms with E-state index in [9.17, 15) is 9.59 Å². The molecule has 2 aliphatic rings. The van der Waals surface area contributed by atoms with E-state index in [2.05, 4.69) is 16.4 Å². The molecule has 2 saturated carbocycles. The highest BCUT2D eigenvalue weighted by Crippen LogP contribution is 2.28. The Bertz CT molecular complexity index is 309. The maximum absolute atomic E-state index is 11.1. The largest absolute Gasteiger partial charge is 0.469 e. The van der Waals surface area contributed by atoms with Crippen molar-refractivity contribution in [2.75, 3.05) is 14.2 Å². The molecule has 0 atom stereocenters. The molecule has 0 radical (unpaired) electrons. The number of carbonyl (C=O) groups excluding carboxylic acids is 2. The van der Waals surface area contributed by atoms with E-state index in [1.54, 1.807) is 0 Å². The number of esters is 2. The molecule has 0 aromatic carbocycles. The Morgan fingerprint density at radius 1 is 0.783 bits per heavy atom. The molecule has 5 heteroatoms. The molecule has 23 heavy (non-hydrogen) atoms. The van der Waals surface area contributed by atoms with Gasteiger partial charge in [-0.1, -0.05) is 14.4 Å². The number of rotatable bonds is 2. The van der Waals surface area contributed by atoms with Gasteiger partial charge in [-0.2, -0.15) is 0 Å². The summed E-state index contributed by atoms with van der Waals surface area (Å²) in [7, 11) is 2.91. The molecule has 0 amide bonds. The Morgan fingerprint density at radius 2 is 1.13 bits per heavy atom. The molecule has 0 bridgehead atoms. The van der Waals surface area contributed by atoms with Crippen LogP contribution in [0.3, 0.4) is 0 Å². The Morgan fingerprint density at radius 3 is 1.48 bits per heavy atom. The number of methoxy groups -OCH3 is 2. The second kappa shape index (κ2) is 11.4. The van der Waals surface area contributed by atoms with Gasteiger partial charge in [-0.15, -0.1) is 0 Å². The minimum absolute atomic E-state index is 0. The first-order valence-electron chi connectivity index (χ1n) is 8.39. The molecular weight excluding hydrogens is 294 g/mol. The van der Waals surface area contributed by atoms with Crippen LogP contribution in [0.15, 0.2) is 0 Å². The van der Waals surface area contributed by atoms with E-state index < -0.39 is 0 Å². The average molecular weight is 329 g/mol. The van der Waals surface area contributed by atoms with Gasteiger partial charge >= 0.3 is 11.9 Å². The van der Waals surface area contributed by atoms with Crippen LogP contribution in [0.5, 0.6) is 0 Å². The number of nitrogens with two attached hydrogens (primary N) is 1. The Hall–Kier alpha value is -1.10. The monoisotopic (exact) mass is 329 g/mol. The zero-order valence-electron chi connectivity index (χ0n) is 14.2. The molecule has 5 nitrogen and oxygen atoms in total. The molecule has 0 saturated heterocycles. The smallest absolute Gasteiger partial charge is 0.308 e. The summed E-state index contributed by atoms with van der Waals surface area (Å²) >= 11 is 0. The molecule has 2 rings (SSSR count). The summed E-state index contributed by atoms with van der Waals surface area (Å²) in [6, 6.07) is 0.302. The van der Waals surface area contributed by atoms with Crippen LogP contribution in [0.25, 0.3) is 0 Å². The number of hydrogen-bond donors (Lipinski definition) is 1. The summed E-state index contributed by atoms with van der Waals surface area (Å²) in [5.41, 5.74) is 5.69. The van der Waals surface area contributed by atoms with Gasteiger partial charge in [0, 0.05) is 6.04 Å². The highest BCUT2D eigenvalue weighted by Gasteiger charge is 2.25. The summed E-state index contributed by atoms with van der Waals surface area (Å²) in [6.07, 6.45) is 8.11. The maximum atomic E-state index is 11.1. The number of carbonyl (C=O) groups is 2. The second-order valence-corrected chi connectivity index (χ2v) is 6.61. The van der Waals surface area contributed by atoms with Crippen molar-refractivity contribution in [3.05, 3.63) is 0 Å². The first-order chi connectivity index (χ1) is 10.5. The van der Waals surface area contributed by atoms with Crippen molar-refractivity contribution in [3.8, 4) is 0 Å². The van der Waals surface area contributed by atoms with Gasteiger partial charge in [0.15, 0.2) is 0 Å². The third kappa shape index (κ3) is 7.82. The minimum atomic E-state index is -0.0723. The first kappa shape index (κ1) is 21.9. The standard InChI is InChI=1S/C9H16O2.C8H15NO2.CH4/c1-7-3-5-8(6-4-7)9(10)11-2;1-11-8(10)6-2-4-7(9)5-3-6;/h7-8H,3-6H2,1-2H3;6-7H,2-5,9H2,1H3;1H4. The van der Waals surface area contributed by atoms with Gasteiger partial charge in [0.05, 0.1) is 26.1 Å². The first-order valence-corrected chi connectivity index (χ1v) is 8.39. The van der Waals surface area contributed by atoms with E-state index in [1.165, 1.54) is 27.1 Å². The van der Waals surface area contributed by atoms with Crippen molar-refractivity contribution in [2.24, 2.45) is 23.5 Å². The van der Waals surface area contributed by atoms with Crippen LogP contribution in [0.4, 0.5) is 0 Å². The van der Waals surface area contributed by atoms with Crippen LogP contribution in [0.2, 0.25) is 0 Å². The summed E-state index contributed by atoms with van der Waals surface area (Å²) < 4.78 is 9.33. The summed E-state index contributed by atoms with van der Waals surface area (Å²) in [5, 5.41) is 0. The normalized spacial score (nSPS) is 30.1. The van der Waals surface area contributed by atoms with Gasteiger partial charge < -0.3 is 15.2 Å². The van der Waals surface area contributed by atoms with Crippen LogP contribution in [0.1, 0.15) is 65.7 Å². The lowest BCUT2D eigenvalue weighted by Gasteiger charge is -2.23. The highest BCUT2D eigenvalue weighted by atomic mass is 16.5. The van der Waals surface area contributed by atoms with Crippen molar-refractivity contribution >= 4 is 11.9 Å². The predicted octanol–water partition coefficient (Wildman–Crippen LogP) is 3.30. The Balaban J connectivity index is 0.000000403. The Labute approximate surface area is 141 Å². The SMILES string of the molecule is C.COC(=O)C1CCC(C)CC1.COC(=O)C1CCC(N)CC1. The van der Waals surface area contributed by atoms with Crippen LogP contribution < -0.4 is 5.73 Å². The maximum Gasteiger partial charge on any atom is 0.308 e. The lowest BCUT2D eigenvalue weighted by Crippen LogP contribution is -2.30. The summed E-state index contributed by atoms with van der Waals surface area (Å²) in [6.45, 7) is 2.24. The number of ether oxygens (including phenoxy) is 2. The van der Waals surface area contributed by atoms with Crippen molar-refractivity contribution in [2.45, 2.75) is 71.8 Å². The van der Waals surface area contributed by atoms with Crippen LogP contribution >= 0.6 is 0 Å². The van der Waals surface area contributed by atoms with Gasteiger partial charge in [0.1, 0.15) is 0 Å². The fourth-order valence-electron chi connectivity index (χ4n) is 3.18. The van der Waals surface area contributed by atoms with Crippen LogP contribution in [-0.4, -0.2) is 32.2 Å². The van der Waals surface area contributed by atoms with Crippen molar-refractivity contribution in [1.82, 2.24) is 0 Å². The topological polar surface area (TPSA) is 78.6 Å². The lowest BCUT2D eigenvalue weighted by molar-refractivity contribution is -0.147. The minimum Gasteiger partial charge on any atom is -0.469 e. The zero-order chi connectivity index (χ0) is 16.5. The average Bonchev–Trinajstić information content (AvgIpc) is 2.55. The van der Waals surface area contributed by atoms with Gasteiger partial charge in [0.25, 0.3) is 0 Å². The van der Waals surface area contributed by atoms with Crippen molar-refractivity contribution in [3.63, 3.8) is 0 Å². The van der Waals surface area contributed by atoms with Gasteiger partial charge in [-0.3, -0.25) is 9.59 Å². The third-order valence-corrected chi connectivity index (χ3v) is 4.86. The molecule has 2 aliphatic carbocycles. The molecule has 0 aromatic rings. The van der Waals surface area contributed by atoms with Gasteiger partial charge in [-0.05, 0) is 57.3 Å². The molecule has 0 heterocycles. The molecule has 0 unspecified atom stereocenters. The van der Waals surface area contributed by atoms with E-state index in [0.717, 1.165) is 44.4 Å². The van der Waals surface area contributed by atoms with E-state index in [-0.39, 0.29) is 31.2 Å². The highest BCUT2D eigenvalue weighted by molar-refractivity contribution is 5.72. The van der Waals surface area contributed by atoms with E-state index in [1.807, 2.05) is 0 Å². The molecular formula is C18H35NO4. The molecule has 2 N–H and O–H groups in total. The molecule has 136 valence electrons. The molecule has 2 fully saturated rings. The third-order valence-electron chi connectivity index (χ3n) is 4.86. The van der Waals surface area contributed by atoms with Crippen LogP contribution in [0, 0.1) is 17.8 Å². The van der Waals surface area contributed by atoms with Gasteiger partial charge in [0.2, 0.25) is 0 Å². The number of hydrogen-bond acceptors (Lipinski definition) is 5. The van der Waals surface area contributed by atoms with E-state index in [4.69, 9.17) is 5.73 Å². The van der Waals surface area contributed by atoms with Crippen molar-refractivity contribution < 1.29 is 19.1 Å². The predicted molar refractivity (Wildman–Crippen MR) is 91.8 cm³/mol. The lowest BCUT2D eigenvalue weighted by atomic mass is 9.83.